The van der Waals surface area contributed by atoms with Crippen LogP contribution in [0.3, 0.4) is 0 Å². The standard InChI is InChI=1S/C56H75N7O11.CH4O/c1-30(2)29-62-23-18-56(19-24-62)59-44-41-42-49(68)36(8)52-43(41)53(70)55(9,74-52)72-26-12-15-32(4)51(73-40(65)28-39(64)63-21-16-37(17-22-63)27-38-57-20-25-61(38)10)35(7)48(67)34(6)47(66)31(3)13-11-14-33(5)54(71)58-46(50(42)69)45(44)60-56;1-2/h11-14,20,25-26,30-32,34-35,37,47-48,51,66-69H,15-19,21-24,27-29H2,1-10H3,(H,58,71);2H,1H3/b13-11+,26-12+,33-14-;/t31-,32+,34+,35+,47-,48?,51?,55?;/m0./s1. The Bertz CT molecular complexity index is 2900. The summed E-state index contributed by atoms with van der Waals surface area (Å²) in [4.78, 5) is 75.0. The van der Waals surface area contributed by atoms with E-state index >= 15 is 0 Å². The number of imidazole rings is 1. The highest BCUT2D eigenvalue weighted by Crippen LogP contribution is 2.50. The van der Waals surface area contributed by atoms with Crippen molar-refractivity contribution in [3.05, 3.63) is 76.2 Å². The van der Waals surface area contributed by atoms with E-state index in [1.54, 1.807) is 70.0 Å². The molecule has 19 nitrogen and oxygen atoms in total. The number of rotatable bonds is 7. The van der Waals surface area contributed by atoms with Crippen LogP contribution in [0.1, 0.15) is 116 Å². The Hall–Kier alpha value is -6.15. The zero-order chi connectivity index (χ0) is 55.6. The first-order valence-corrected chi connectivity index (χ1v) is 26.8. The number of aromatic hydroxyl groups is 2. The molecule has 0 aliphatic carbocycles. The molecule has 0 saturated carbocycles. The van der Waals surface area contributed by atoms with Gasteiger partial charge >= 0.3 is 11.8 Å². The van der Waals surface area contributed by atoms with Crippen molar-refractivity contribution in [3.63, 3.8) is 0 Å². The maximum atomic E-state index is 14.9. The molecule has 2 saturated heterocycles. The van der Waals surface area contributed by atoms with Gasteiger partial charge in [0, 0.05) is 120 Å². The smallest absolute Gasteiger partial charge is 0.315 e. The molecule has 414 valence electrons. The number of carbonyl (C=O) groups is 4. The van der Waals surface area contributed by atoms with Crippen molar-refractivity contribution >= 4 is 40.0 Å². The number of ketones is 1. The van der Waals surface area contributed by atoms with Crippen molar-refractivity contribution in [2.24, 2.45) is 52.5 Å². The van der Waals surface area contributed by atoms with Crippen LogP contribution in [0.5, 0.6) is 17.2 Å². The molecule has 0 radical (unpaired) electrons. The van der Waals surface area contributed by atoms with Crippen molar-refractivity contribution in [2.75, 3.05) is 45.2 Å². The maximum Gasteiger partial charge on any atom is 0.315 e. The molecular weight excluding hydrogens is 975 g/mol. The zero-order valence-electron chi connectivity index (χ0n) is 46.0. The second-order valence-electron chi connectivity index (χ2n) is 22.2. The van der Waals surface area contributed by atoms with E-state index in [-0.39, 0.29) is 67.7 Å². The molecule has 6 aliphatic rings. The van der Waals surface area contributed by atoms with Gasteiger partial charge in [0.05, 0.1) is 34.8 Å². The number of piperidine rings is 2. The van der Waals surface area contributed by atoms with E-state index in [4.69, 9.17) is 29.3 Å². The highest BCUT2D eigenvalue weighted by molar-refractivity contribution is 6.19. The van der Waals surface area contributed by atoms with Crippen molar-refractivity contribution in [2.45, 2.75) is 137 Å². The Morgan fingerprint density at radius 2 is 1.61 bits per heavy atom. The van der Waals surface area contributed by atoms with Crippen LogP contribution in [0.15, 0.2) is 58.5 Å². The number of nitrogens with one attached hydrogen (secondary N) is 1. The Kier molecular flexibility index (Phi) is 17.9. The quantitative estimate of drug-likeness (QED) is 0.0996. The van der Waals surface area contributed by atoms with Gasteiger partial charge in [0.25, 0.3) is 11.7 Å². The molecule has 1 spiro atoms. The molecule has 2 fully saturated rings. The summed E-state index contributed by atoms with van der Waals surface area (Å²) in [5.74, 6) is -5.68. The summed E-state index contributed by atoms with van der Waals surface area (Å²) in [6.07, 6.45) is 11.6. The number of aliphatic hydroxyl groups is 3. The third-order valence-corrected chi connectivity index (χ3v) is 16.1. The lowest BCUT2D eigenvalue weighted by Gasteiger charge is -2.37. The average molecular weight is 1050 g/mol. The summed E-state index contributed by atoms with van der Waals surface area (Å²) >= 11 is 0. The predicted octanol–water partition coefficient (Wildman–Crippen LogP) is 5.32. The minimum absolute atomic E-state index is 0.0384. The van der Waals surface area contributed by atoms with Gasteiger partial charge in [-0.2, -0.15) is 0 Å². The van der Waals surface area contributed by atoms with Crippen LogP contribution in [-0.4, -0.2) is 138 Å². The SMILES string of the molecule is C/C1=C/C=C/[C@H](C)[C@H](O)[C@@H](C)C(O)[C@@H](C)C(OC(=O)CC(=O)N2CCC(Cc3nccn3C)CC2)[C@H](C)C/C=C/OC2(C)Oc3c(C)c(O)c4c(O)c(c5c(c4c3C2=O)=NC2(CCN(CC(C)C)CC2)N=5)NC1=O.CO. The van der Waals surface area contributed by atoms with Gasteiger partial charge in [-0.15, -0.1) is 0 Å². The van der Waals surface area contributed by atoms with Crippen LogP contribution >= 0.6 is 0 Å². The first-order chi connectivity index (χ1) is 36.0. The van der Waals surface area contributed by atoms with Crippen LogP contribution in [0, 0.1) is 42.4 Å². The summed E-state index contributed by atoms with van der Waals surface area (Å²) in [5.41, 5.74) is -0.600. The van der Waals surface area contributed by atoms with Gasteiger partial charge in [0.1, 0.15) is 40.9 Å². The Labute approximate surface area is 445 Å². The van der Waals surface area contributed by atoms with Gasteiger partial charge in [-0.25, -0.2) is 4.98 Å². The third kappa shape index (κ3) is 11.7. The number of carbonyl (C=O) groups excluding carboxylic acids is 4. The number of Topliss-reactive ketones (excluding diaryl/α,β-unsaturated/α-hetero) is 1. The number of esters is 1. The predicted molar refractivity (Wildman–Crippen MR) is 285 cm³/mol. The zero-order valence-corrected chi connectivity index (χ0v) is 46.0. The first-order valence-electron chi connectivity index (χ1n) is 26.8. The van der Waals surface area contributed by atoms with Crippen LogP contribution in [-0.2, 0) is 37.3 Å². The molecule has 19 heteroatoms. The second kappa shape index (κ2) is 23.6. The summed E-state index contributed by atoms with van der Waals surface area (Å²) in [5, 5.41) is 57.9. The number of phenolic OH excluding ortho intramolecular Hbond substituents is 2. The molecule has 6 N–H and O–H groups in total. The summed E-state index contributed by atoms with van der Waals surface area (Å²) in [6, 6.07) is 0. The van der Waals surface area contributed by atoms with Crippen molar-refractivity contribution in [3.8, 4) is 17.2 Å². The number of fused-ring (bicyclic) bond motifs is 13. The Morgan fingerprint density at radius 3 is 2.25 bits per heavy atom. The van der Waals surface area contributed by atoms with Gasteiger partial charge in [-0.3, -0.25) is 29.2 Å². The largest absolute Gasteiger partial charge is 0.507 e. The number of anilines is 1. The fourth-order valence-corrected chi connectivity index (χ4v) is 11.4. The molecule has 9 rings (SSSR count). The molecule has 5 bridgehead atoms. The average Bonchev–Trinajstić information content (AvgIpc) is 4.15. The molecule has 1 aromatic heterocycles. The number of nitrogens with zero attached hydrogens (tertiary/aromatic N) is 6. The number of allylic oxidation sites excluding steroid dienone is 3. The molecule has 3 aromatic rings. The van der Waals surface area contributed by atoms with Gasteiger partial charge in [-0.1, -0.05) is 59.8 Å². The molecule has 7 heterocycles. The lowest BCUT2D eigenvalue weighted by Crippen LogP contribution is -2.45. The minimum atomic E-state index is -1.95. The second-order valence-corrected chi connectivity index (χ2v) is 22.2. The summed E-state index contributed by atoms with van der Waals surface area (Å²) in [7, 11) is 2.96. The number of amides is 2. The van der Waals surface area contributed by atoms with Crippen molar-refractivity contribution in [1.29, 1.82) is 0 Å². The van der Waals surface area contributed by atoms with E-state index in [9.17, 15) is 39.6 Å². The first kappa shape index (κ1) is 57.6. The lowest BCUT2D eigenvalue weighted by atomic mass is 9.79. The molecule has 3 unspecified atom stereocenters. The Balaban J connectivity index is 0.00000415. The molecule has 8 atom stereocenters. The van der Waals surface area contributed by atoms with Crippen molar-refractivity contribution < 1.29 is 58.9 Å². The van der Waals surface area contributed by atoms with Gasteiger partial charge in [0.15, 0.2) is 11.4 Å². The number of hydrogen-bond donors (Lipinski definition) is 6. The minimum Gasteiger partial charge on any atom is -0.507 e. The molecular formula is C57H79N7O12. The van der Waals surface area contributed by atoms with E-state index in [1.807, 2.05) is 24.7 Å². The monoisotopic (exact) mass is 1050 g/mol. The molecule has 2 aromatic carbocycles. The molecule has 6 aliphatic heterocycles. The topological polar surface area (TPSA) is 258 Å². The van der Waals surface area contributed by atoms with Crippen molar-refractivity contribution in [1.82, 2.24) is 19.4 Å². The lowest BCUT2D eigenvalue weighted by molar-refractivity contribution is -0.162. The van der Waals surface area contributed by atoms with E-state index in [0.717, 1.165) is 38.7 Å². The summed E-state index contributed by atoms with van der Waals surface area (Å²) in [6.45, 7) is 19.3. The highest BCUT2D eigenvalue weighted by Gasteiger charge is 2.50. The number of likely N-dealkylation sites (tertiary alicyclic amines) is 2. The van der Waals surface area contributed by atoms with Crippen LogP contribution in [0.4, 0.5) is 5.69 Å². The maximum absolute atomic E-state index is 14.9. The number of aryl methyl sites for hydroxylation is 1. The summed E-state index contributed by atoms with van der Waals surface area (Å²) < 4.78 is 20.6. The fraction of sp³-hybridized carbons (Fsp3) is 0.596. The third-order valence-electron chi connectivity index (χ3n) is 16.1. The van der Waals surface area contributed by atoms with E-state index in [0.29, 0.717) is 50.9 Å². The Morgan fingerprint density at radius 1 is 0.934 bits per heavy atom. The number of benzene rings is 2. The highest BCUT2D eigenvalue weighted by atomic mass is 16.7. The number of ether oxygens (including phenoxy) is 3. The van der Waals surface area contributed by atoms with Crippen LogP contribution in [0.25, 0.3) is 10.8 Å². The molecule has 2 amide bonds. The van der Waals surface area contributed by atoms with Crippen LogP contribution < -0.4 is 20.8 Å². The number of aromatic nitrogens is 2. The normalized spacial score (nSPS) is 28.8. The number of hydrogen-bond acceptors (Lipinski definition) is 16. The van der Waals surface area contributed by atoms with Gasteiger partial charge in [-0.05, 0) is 56.9 Å². The van der Waals surface area contributed by atoms with Gasteiger partial charge in [0.2, 0.25) is 5.91 Å². The van der Waals surface area contributed by atoms with Crippen LogP contribution in [0.2, 0.25) is 0 Å². The van der Waals surface area contributed by atoms with E-state index in [2.05, 4.69) is 29.0 Å². The fourth-order valence-electron chi connectivity index (χ4n) is 11.4. The van der Waals surface area contributed by atoms with E-state index < -0.39 is 83.3 Å². The number of phenols is 2. The van der Waals surface area contributed by atoms with Gasteiger partial charge < -0.3 is 59.4 Å². The number of aliphatic hydroxyl groups excluding tert-OH is 3. The molecule has 76 heavy (non-hydrogen) atoms. The van der Waals surface area contributed by atoms with E-state index in [1.165, 1.54) is 13.2 Å².